The fourth-order valence-electron chi connectivity index (χ4n) is 1.74. The molecule has 5 nitrogen and oxygen atoms in total. The summed E-state index contributed by atoms with van der Waals surface area (Å²) >= 11 is 0. The lowest BCUT2D eigenvalue weighted by molar-refractivity contribution is -0.147. The third kappa shape index (κ3) is 7.34. The smallest absolute Gasteiger partial charge is 0.407 e. The van der Waals surface area contributed by atoms with Crippen LogP contribution >= 0.6 is 0 Å². The monoisotopic (exact) mass is 293 g/mol. The molecule has 0 aliphatic heterocycles. The Balaban J connectivity index is 2.33. The van der Waals surface area contributed by atoms with Gasteiger partial charge in [0.2, 0.25) is 0 Å². The number of hydrogen-bond donors (Lipinski definition) is 1. The second-order valence-corrected chi connectivity index (χ2v) is 5.56. The third-order valence-corrected chi connectivity index (χ3v) is 2.85. The second-order valence-electron chi connectivity index (χ2n) is 5.56. The van der Waals surface area contributed by atoms with E-state index in [9.17, 15) is 9.59 Å². The van der Waals surface area contributed by atoms with Gasteiger partial charge < -0.3 is 14.8 Å². The molecule has 116 valence electrons. The molecule has 0 aliphatic carbocycles. The van der Waals surface area contributed by atoms with E-state index in [2.05, 4.69) is 5.32 Å². The molecular weight excluding hydrogens is 270 g/mol. The minimum absolute atomic E-state index is 0.228. The van der Waals surface area contributed by atoms with Crippen molar-refractivity contribution in [2.75, 3.05) is 13.2 Å². The fourth-order valence-corrected chi connectivity index (χ4v) is 1.74. The second kappa shape index (κ2) is 8.29. The van der Waals surface area contributed by atoms with E-state index in [1.54, 1.807) is 6.92 Å². The van der Waals surface area contributed by atoms with Crippen LogP contribution in [-0.2, 0) is 20.9 Å². The molecule has 1 rings (SSSR count). The van der Waals surface area contributed by atoms with Gasteiger partial charge in [-0.3, -0.25) is 4.79 Å². The molecule has 1 aromatic rings. The molecular formula is C16H23NO4. The van der Waals surface area contributed by atoms with E-state index in [0.717, 1.165) is 5.56 Å². The molecule has 0 unspecified atom stereocenters. The fraction of sp³-hybridized carbons (Fsp3) is 0.500. The molecule has 0 spiro atoms. The zero-order chi connectivity index (χ0) is 15.7. The molecule has 0 radical (unpaired) electrons. The summed E-state index contributed by atoms with van der Waals surface area (Å²) in [6, 6.07) is 9.52. The number of carbonyl (C=O) groups is 2. The summed E-state index contributed by atoms with van der Waals surface area (Å²) in [4.78, 5) is 23.1. The van der Waals surface area contributed by atoms with Crippen LogP contribution in [0, 0.1) is 5.41 Å². The summed E-state index contributed by atoms with van der Waals surface area (Å²) in [6.45, 7) is 6.47. The van der Waals surface area contributed by atoms with E-state index in [1.807, 2.05) is 44.2 Å². The minimum atomic E-state index is -0.469. The quantitative estimate of drug-likeness (QED) is 0.785. The van der Waals surface area contributed by atoms with Crippen molar-refractivity contribution in [3.8, 4) is 0 Å². The number of alkyl carbamates (subject to hydrolysis) is 1. The van der Waals surface area contributed by atoms with E-state index >= 15 is 0 Å². The Labute approximate surface area is 125 Å². The summed E-state index contributed by atoms with van der Waals surface area (Å²) in [5, 5.41) is 2.63. The summed E-state index contributed by atoms with van der Waals surface area (Å²) in [5.41, 5.74) is 0.564. The molecule has 0 saturated carbocycles. The van der Waals surface area contributed by atoms with Crippen LogP contribution in [0.5, 0.6) is 0 Å². The average molecular weight is 293 g/mol. The molecule has 0 aromatic heterocycles. The molecule has 0 atom stereocenters. The number of ether oxygens (including phenoxy) is 2. The molecule has 0 saturated heterocycles. The molecule has 5 heteroatoms. The minimum Gasteiger partial charge on any atom is -0.461 e. The molecule has 1 aromatic carbocycles. The molecule has 1 N–H and O–H groups in total. The van der Waals surface area contributed by atoms with Gasteiger partial charge in [0.05, 0.1) is 13.0 Å². The van der Waals surface area contributed by atoms with Crippen LogP contribution in [-0.4, -0.2) is 25.2 Å². The maximum Gasteiger partial charge on any atom is 0.407 e. The van der Waals surface area contributed by atoms with Gasteiger partial charge in [-0.05, 0) is 17.9 Å². The van der Waals surface area contributed by atoms with Crippen LogP contribution in [0.1, 0.15) is 32.8 Å². The van der Waals surface area contributed by atoms with Gasteiger partial charge in [-0.25, -0.2) is 4.79 Å². The number of benzene rings is 1. The lowest BCUT2D eigenvalue weighted by Crippen LogP contribution is -2.36. The molecule has 21 heavy (non-hydrogen) atoms. The van der Waals surface area contributed by atoms with Crippen LogP contribution in [0.25, 0.3) is 0 Å². The Hall–Kier alpha value is -2.04. The number of rotatable bonds is 7. The van der Waals surface area contributed by atoms with E-state index in [1.165, 1.54) is 0 Å². The number of carbonyl (C=O) groups excluding carboxylic acids is 2. The third-order valence-electron chi connectivity index (χ3n) is 2.85. The van der Waals surface area contributed by atoms with Gasteiger partial charge in [-0.1, -0.05) is 44.2 Å². The lowest BCUT2D eigenvalue weighted by Gasteiger charge is -2.23. The van der Waals surface area contributed by atoms with Crippen molar-refractivity contribution in [2.24, 2.45) is 5.41 Å². The first-order valence-electron chi connectivity index (χ1n) is 7.03. The summed E-state index contributed by atoms with van der Waals surface area (Å²) in [6.07, 6.45) is -0.241. The summed E-state index contributed by atoms with van der Waals surface area (Å²) < 4.78 is 10.0. The Bertz CT molecular complexity index is 457. The number of nitrogens with one attached hydrogen (secondary N) is 1. The summed E-state index contributed by atoms with van der Waals surface area (Å²) in [7, 11) is 0. The standard InChI is InChI=1S/C16H23NO4/c1-4-20-15(19)17-12-16(2,3)10-14(18)21-11-13-8-6-5-7-9-13/h5-9H,4,10-12H2,1-3H3,(H,17,19). The maximum atomic E-state index is 11.8. The van der Waals surface area contributed by atoms with Gasteiger partial charge in [0.15, 0.2) is 0 Å². The highest BCUT2D eigenvalue weighted by Gasteiger charge is 2.24. The largest absolute Gasteiger partial charge is 0.461 e. The number of amides is 1. The highest BCUT2D eigenvalue weighted by Crippen LogP contribution is 2.20. The van der Waals surface area contributed by atoms with Crippen molar-refractivity contribution in [1.29, 1.82) is 0 Å². The normalized spacial score (nSPS) is 10.8. The Kier molecular flexibility index (Phi) is 6.72. The van der Waals surface area contributed by atoms with Crippen molar-refractivity contribution < 1.29 is 19.1 Å². The first kappa shape index (κ1) is 17.0. The van der Waals surface area contributed by atoms with Crippen LogP contribution in [0.3, 0.4) is 0 Å². The predicted octanol–water partition coefficient (Wildman–Crippen LogP) is 2.89. The molecule has 0 bridgehead atoms. The van der Waals surface area contributed by atoms with E-state index < -0.39 is 6.09 Å². The molecule has 0 fully saturated rings. The van der Waals surface area contributed by atoms with Crippen molar-refractivity contribution in [1.82, 2.24) is 5.32 Å². The van der Waals surface area contributed by atoms with Gasteiger partial charge in [0.25, 0.3) is 0 Å². The Morgan fingerprint density at radius 2 is 1.81 bits per heavy atom. The molecule has 1 amide bonds. The highest BCUT2D eigenvalue weighted by molar-refractivity contribution is 5.71. The van der Waals surface area contributed by atoms with Gasteiger partial charge in [0, 0.05) is 6.54 Å². The first-order chi connectivity index (χ1) is 9.93. The van der Waals surface area contributed by atoms with Crippen molar-refractivity contribution in [3.05, 3.63) is 35.9 Å². The van der Waals surface area contributed by atoms with Crippen molar-refractivity contribution in [3.63, 3.8) is 0 Å². The first-order valence-corrected chi connectivity index (χ1v) is 7.03. The number of esters is 1. The highest BCUT2D eigenvalue weighted by atomic mass is 16.5. The van der Waals surface area contributed by atoms with Gasteiger partial charge in [0.1, 0.15) is 6.61 Å². The topological polar surface area (TPSA) is 64.6 Å². The van der Waals surface area contributed by atoms with Gasteiger partial charge in [-0.15, -0.1) is 0 Å². The lowest BCUT2D eigenvalue weighted by atomic mass is 9.89. The van der Waals surface area contributed by atoms with Crippen LogP contribution in [0.4, 0.5) is 4.79 Å². The predicted molar refractivity (Wildman–Crippen MR) is 79.7 cm³/mol. The Morgan fingerprint density at radius 1 is 1.14 bits per heavy atom. The zero-order valence-electron chi connectivity index (χ0n) is 12.8. The average Bonchev–Trinajstić information content (AvgIpc) is 2.44. The van der Waals surface area contributed by atoms with E-state index in [-0.39, 0.29) is 24.4 Å². The molecule has 0 heterocycles. The zero-order valence-corrected chi connectivity index (χ0v) is 12.8. The van der Waals surface area contributed by atoms with E-state index in [4.69, 9.17) is 9.47 Å². The Morgan fingerprint density at radius 3 is 2.43 bits per heavy atom. The van der Waals surface area contributed by atoms with Crippen molar-refractivity contribution >= 4 is 12.1 Å². The van der Waals surface area contributed by atoms with Crippen molar-refractivity contribution in [2.45, 2.75) is 33.8 Å². The van der Waals surface area contributed by atoms with Crippen LogP contribution < -0.4 is 5.32 Å². The number of hydrogen-bond acceptors (Lipinski definition) is 4. The maximum absolute atomic E-state index is 11.8. The van der Waals surface area contributed by atoms with Crippen LogP contribution in [0.15, 0.2) is 30.3 Å². The van der Waals surface area contributed by atoms with Crippen LogP contribution in [0.2, 0.25) is 0 Å². The van der Waals surface area contributed by atoms with Gasteiger partial charge >= 0.3 is 12.1 Å². The van der Waals surface area contributed by atoms with E-state index in [0.29, 0.717) is 13.2 Å². The van der Waals surface area contributed by atoms with Gasteiger partial charge in [-0.2, -0.15) is 0 Å². The SMILES string of the molecule is CCOC(=O)NCC(C)(C)CC(=O)OCc1ccccc1. The molecule has 0 aliphatic rings. The summed E-state index contributed by atoms with van der Waals surface area (Å²) in [5.74, 6) is -0.283.